The fourth-order valence-corrected chi connectivity index (χ4v) is 1.30. The van der Waals surface area contributed by atoms with Gasteiger partial charge in [-0.05, 0) is 18.2 Å². The molecule has 0 atom stereocenters. The molecule has 0 spiro atoms. The van der Waals surface area contributed by atoms with Crippen molar-refractivity contribution in [1.82, 2.24) is 0 Å². The fourth-order valence-electron chi connectivity index (χ4n) is 1.30. The third-order valence-corrected chi connectivity index (χ3v) is 2.19. The Morgan fingerprint density at radius 2 is 2.06 bits per heavy atom. The fraction of sp³-hybridized carbons (Fsp3) is 0.182. The summed E-state index contributed by atoms with van der Waals surface area (Å²) < 4.78 is 4.43. The maximum atomic E-state index is 11.2. The predicted octanol–water partition coefficient (Wildman–Crippen LogP) is 0.443. The van der Waals surface area contributed by atoms with Gasteiger partial charge >= 0.3 is 18.0 Å². The Kier molecular flexibility index (Phi) is 4.25. The summed E-state index contributed by atoms with van der Waals surface area (Å²) in [7, 11) is 1.18. The molecule has 0 saturated heterocycles. The number of methoxy groups -OCH3 is 1. The normalized spacial score (nSPS) is 9.61. The van der Waals surface area contributed by atoms with Crippen LogP contribution < -0.4 is 10.6 Å². The number of rotatable bonds is 4. The molecule has 0 aliphatic carbocycles. The molecular formula is C11H12N2O5. The number of benzene rings is 1. The minimum absolute atomic E-state index is 0.0105. The number of carbonyl (C=O) groups excluding carboxylic acids is 2. The molecule has 0 fully saturated rings. The predicted molar refractivity (Wildman–Crippen MR) is 62.3 cm³/mol. The average Bonchev–Trinajstić information content (AvgIpc) is 2.35. The van der Waals surface area contributed by atoms with Crippen LogP contribution in [-0.2, 0) is 9.53 Å². The highest BCUT2D eigenvalue weighted by Crippen LogP contribution is 2.16. The van der Waals surface area contributed by atoms with Gasteiger partial charge in [-0.2, -0.15) is 0 Å². The quantitative estimate of drug-likeness (QED) is 0.755. The molecule has 0 saturated carbocycles. The van der Waals surface area contributed by atoms with Gasteiger partial charge in [0.25, 0.3) is 0 Å². The molecule has 0 bridgehead atoms. The largest absolute Gasteiger partial charge is 0.478 e. The standard InChI is InChI=1S/C11H12N2O5/c1-18-9(14)6-13(11(12)17)8-4-2-3-7(5-8)10(15)16/h2-5H,6H2,1H3,(H2,12,17)(H,15,16). The van der Waals surface area contributed by atoms with E-state index < -0.39 is 18.0 Å². The van der Waals surface area contributed by atoms with Crippen LogP contribution in [0.1, 0.15) is 10.4 Å². The summed E-state index contributed by atoms with van der Waals surface area (Å²) in [6.07, 6.45) is 0. The first-order valence-corrected chi connectivity index (χ1v) is 4.93. The molecular weight excluding hydrogens is 240 g/mol. The molecule has 18 heavy (non-hydrogen) atoms. The van der Waals surface area contributed by atoms with E-state index in [0.29, 0.717) is 0 Å². The van der Waals surface area contributed by atoms with Crippen LogP contribution in [0.3, 0.4) is 0 Å². The Morgan fingerprint density at radius 3 is 2.56 bits per heavy atom. The van der Waals surface area contributed by atoms with Crippen LogP contribution in [0.4, 0.5) is 10.5 Å². The number of hydrogen-bond acceptors (Lipinski definition) is 4. The van der Waals surface area contributed by atoms with Crippen molar-refractivity contribution in [2.45, 2.75) is 0 Å². The van der Waals surface area contributed by atoms with E-state index in [1.165, 1.54) is 31.4 Å². The summed E-state index contributed by atoms with van der Waals surface area (Å²) in [5.74, 6) is -1.80. The molecule has 2 amide bonds. The van der Waals surface area contributed by atoms with Crippen molar-refractivity contribution in [1.29, 1.82) is 0 Å². The number of carboxylic acid groups (broad SMARTS) is 1. The van der Waals surface area contributed by atoms with E-state index in [1.54, 1.807) is 0 Å². The third kappa shape index (κ3) is 3.21. The average molecular weight is 252 g/mol. The molecule has 3 N–H and O–H groups in total. The van der Waals surface area contributed by atoms with Gasteiger partial charge in [0.2, 0.25) is 0 Å². The molecule has 0 aliphatic rings. The number of ether oxygens (including phenoxy) is 1. The van der Waals surface area contributed by atoms with Crippen molar-refractivity contribution < 1.29 is 24.2 Å². The summed E-state index contributed by atoms with van der Waals surface area (Å²) in [4.78, 5) is 34.1. The Labute approximate surface area is 103 Å². The molecule has 96 valence electrons. The van der Waals surface area contributed by atoms with E-state index in [1.807, 2.05) is 0 Å². The summed E-state index contributed by atoms with van der Waals surface area (Å²) >= 11 is 0. The first-order chi connectivity index (χ1) is 8.45. The van der Waals surface area contributed by atoms with E-state index in [4.69, 9.17) is 10.8 Å². The first kappa shape index (κ1) is 13.5. The van der Waals surface area contributed by atoms with Gasteiger partial charge in [0.15, 0.2) is 0 Å². The number of carbonyl (C=O) groups is 3. The van der Waals surface area contributed by atoms with Gasteiger partial charge in [0.1, 0.15) is 6.54 Å². The molecule has 0 radical (unpaired) electrons. The van der Waals surface area contributed by atoms with Crippen molar-refractivity contribution in [3.63, 3.8) is 0 Å². The van der Waals surface area contributed by atoms with Gasteiger partial charge < -0.3 is 15.6 Å². The molecule has 0 aromatic heterocycles. The molecule has 7 nitrogen and oxygen atoms in total. The number of amides is 2. The Hall–Kier alpha value is -2.57. The SMILES string of the molecule is COC(=O)CN(C(N)=O)c1cccc(C(=O)O)c1. The summed E-state index contributed by atoms with van der Waals surface area (Å²) in [5, 5.41) is 8.83. The molecule has 1 aromatic carbocycles. The van der Waals surface area contributed by atoms with Gasteiger partial charge in [-0.25, -0.2) is 9.59 Å². The summed E-state index contributed by atoms with van der Waals surface area (Å²) in [6.45, 7) is -0.380. The van der Waals surface area contributed by atoms with E-state index in [-0.39, 0.29) is 17.8 Å². The van der Waals surface area contributed by atoms with Crippen LogP contribution in [0, 0.1) is 0 Å². The van der Waals surface area contributed by atoms with Gasteiger partial charge in [-0.15, -0.1) is 0 Å². The van der Waals surface area contributed by atoms with Crippen molar-refractivity contribution in [3.05, 3.63) is 29.8 Å². The maximum absolute atomic E-state index is 11.2. The number of urea groups is 1. The molecule has 7 heteroatoms. The smallest absolute Gasteiger partial charge is 0.335 e. The zero-order chi connectivity index (χ0) is 13.7. The number of aromatic carboxylic acids is 1. The van der Waals surface area contributed by atoms with E-state index in [2.05, 4.69) is 4.74 Å². The third-order valence-electron chi connectivity index (χ3n) is 2.19. The number of primary amides is 1. The second kappa shape index (κ2) is 5.67. The minimum atomic E-state index is -1.14. The zero-order valence-corrected chi connectivity index (χ0v) is 9.62. The van der Waals surface area contributed by atoms with Crippen molar-refractivity contribution in [2.75, 3.05) is 18.6 Å². The van der Waals surface area contributed by atoms with Gasteiger partial charge in [0, 0.05) is 5.69 Å². The van der Waals surface area contributed by atoms with Gasteiger partial charge in [-0.3, -0.25) is 9.69 Å². The number of carboxylic acids is 1. The first-order valence-electron chi connectivity index (χ1n) is 4.93. The van der Waals surface area contributed by atoms with Crippen molar-refractivity contribution in [3.8, 4) is 0 Å². The van der Waals surface area contributed by atoms with Crippen molar-refractivity contribution in [2.24, 2.45) is 5.73 Å². The van der Waals surface area contributed by atoms with E-state index >= 15 is 0 Å². The maximum Gasteiger partial charge on any atom is 0.335 e. The lowest BCUT2D eigenvalue weighted by Crippen LogP contribution is -2.40. The van der Waals surface area contributed by atoms with Gasteiger partial charge in [-0.1, -0.05) is 6.07 Å². The van der Waals surface area contributed by atoms with Crippen LogP contribution in [0.25, 0.3) is 0 Å². The van der Waals surface area contributed by atoms with Crippen LogP contribution >= 0.6 is 0 Å². The van der Waals surface area contributed by atoms with Crippen LogP contribution in [0.2, 0.25) is 0 Å². The number of esters is 1. The summed E-state index contributed by atoms with van der Waals surface area (Å²) in [6, 6.07) is 4.66. The highest BCUT2D eigenvalue weighted by atomic mass is 16.5. The number of nitrogens with zero attached hydrogens (tertiary/aromatic N) is 1. The second-order valence-corrected chi connectivity index (χ2v) is 3.36. The minimum Gasteiger partial charge on any atom is -0.478 e. The lowest BCUT2D eigenvalue weighted by molar-refractivity contribution is -0.138. The molecule has 0 unspecified atom stereocenters. The molecule has 0 heterocycles. The zero-order valence-electron chi connectivity index (χ0n) is 9.62. The highest BCUT2D eigenvalue weighted by Gasteiger charge is 2.18. The highest BCUT2D eigenvalue weighted by molar-refractivity contribution is 5.97. The monoisotopic (exact) mass is 252 g/mol. The number of nitrogens with two attached hydrogens (primary N) is 1. The molecule has 0 aliphatic heterocycles. The van der Waals surface area contributed by atoms with Crippen LogP contribution in [0.5, 0.6) is 0 Å². The van der Waals surface area contributed by atoms with E-state index in [9.17, 15) is 14.4 Å². The second-order valence-electron chi connectivity index (χ2n) is 3.36. The number of anilines is 1. The topological polar surface area (TPSA) is 110 Å². The lowest BCUT2D eigenvalue weighted by atomic mass is 10.2. The Balaban J connectivity index is 3.06. The molecule has 1 rings (SSSR count). The van der Waals surface area contributed by atoms with E-state index in [0.717, 1.165) is 4.90 Å². The van der Waals surface area contributed by atoms with Crippen LogP contribution in [0.15, 0.2) is 24.3 Å². The Bertz CT molecular complexity index is 486. The lowest BCUT2D eigenvalue weighted by Gasteiger charge is -2.19. The van der Waals surface area contributed by atoms with Crippen molar-refractivity contribution >= 4 is 23.7 Å². The Morgan fingerprint density at radius 1 is 1.39 bits per heavy atom. The van der Waals surface area contributed by atoms with Gasteiger partial charge in [0.05, 0.1) is 12.7 Å². The molecule has 1 aromatic rings. The number of hydrogen-bond donors (Lipinski definition) is 2. The van der Waals surface area contributed by atoms with Crippen LogP contribution in [-0.4, -0.2) is 36.7 Å². The summed E-state index contributed by atoms with van der Waals surface area (Å²) in [5.41, 5.74) is 5.33.